The number of allylic oxidation sites excluding steroid dienone is 16. The van der Waals surface area contributed by atoms with E-state index in [4.69, 9.17) is 14.2 Å². The molecule has 0 saturated carbocycles. The summed E-state index contributed by atoms with van der Waals surface area (Å²) in [5.74, 6) is -1.01. The molecule has 0 N–H and O–H groups in total. The molecule has 0 amide bonds. The minimum Gasteiger partial charge on any atom is -0.462 e. The summed E-state index contributed by atoms with van der Waals surface area (Å²) in [6, 6.07) is 0. The van der Waals surface area contributed by atoms with E-state index < -0.39 is 6.10 Å². The minimum absolute atomic E-state index is 0.115. The zero-order valence-corrected chi connectivity index (χ0v) is 40.1. The van der Waals surface area contributed by atoms with Crippen molar-refractivity contribution in [1.29, 1.82) is 0 Å². The standard InChI is InChI=1S/C56H92O6/c1-4-7-10-13-16-19-22-25-27-28-29-32-34-37-40-43-46-49-55(58)61-52-53(51-60-54(57)48-45-42-39-36-33-30-24-21-18-15-12-9-6-3)62-56(59)50-47-44-41-38-35-31-26-23-20-17-14-11-8-5-2/h9,12,15-16,18-19,21,24-25,27,29-30,32-33,37,40,53H,4-8,10-11,13-14,17,20,22-23,26,28,31,34-36,38-39,41-52H2,1-3H3/b12-9-,18-15-,19-16-,24-21-,27-25-,32-29-,33-30-,40-37-. The third-order valence-corrected chi connectivity index (χ3v) is 10.4. The highest BCUT2D eigenvalue weighted by atomic mass is 16.6. The van der Waals surface area contributed by atoms with E-state index in [1.807, 2.05) is 36.5 Å². The summed E-state index contributed by atoms with van der Waals surface area (Å²) < 4.78 is 16.7. The molecule has 0 aliphatic heterocycles. The molecular formula is C56H92O6. The highest BCUT2D eigenvalue weighted by Crippen LogP contribution is 2.14. The molecule has 0 heterocycles. The van der Waals surface area contributed by atoms with Crippen molar-refractivity contribution in [3.05, 3.63) is 97.2 Å². The van der Waals surface area contributed by atoms with Gasteiger partial charge in [0, 0.05) is 19.3 Å². The van der Waals surface area contributed by atoms with Crippen molar-refractivity contribution < 1.29 is 28.6 Å². The fourth-order valence-corrected chi connectivity index (χ4v) is 6.62. The Balaban J connectivity index is 4.53. The van der Waals surface area contributed by atoms with Crippen LogP contribution in [0, 0.1) is 0 Å². The van der Waals surface area contributed by atoms with Gasteiger partial charge in [0.25, 0.3) is 0 Å². The second kappa shape index (κ2) is 50.0. The van der Waals surface area contributed by atoms with Gasteiger partial charge < -0.3 is 14.2 Å². The Hall–Kier alpha value is -3.67. The number of carbonyl (C=O) groups excluding carboxylic acids is 3. The summed E-state index contributed by atoms with van der Waals surface area (Å²) >= 11 is 0. The van der Waals surface area contributed by atoms with Crippen LogP contribution in [0.25, 0.3) is 0 Å². The van der Waals surface area contributed by atoms with Crippen LogP contribution in [0.3, 0.4) is 0 Å². The van der Waals surface area contributed by atoms with Crippen LogP contribution in [0.15, 0.2) is 97.2 Å². The summed E-state index contributed by atoms with van der Waals surface area (Å²) in [5, 5.41) is 0. The number of hydrogen-bond acceptors (Lipinski definition) is 6. The van der Waals surface area contributed by atoms with E-state index in [-0.39, 0.29) is 37.5 Å². The molecule has 62 heavy (non-hydrogen) atoms. The van der Waals surface area contributed by atoms with E-state index in [0.717, 1.165) is 77.0 Å². The normalized spacial score (nSPS) is 12.9. The predicted octanol–water partition coefficient (Wildman–Crippen LogP) is 16.6. The number of hydrogen-bond donors (Lipinski definition) is 0. The first kappa shape index (κ1) is 58.3. The molecule has 1 atom stereocenters. The smallest absolute Gasteiger partial charge is 0.306 e. The van der Waals surface area contributed by atoms with Crippen molar-refractivity contribution in [1.82, 2.24) is 0 Å². The van der Waals surface area contributed by atoms with Crippen LogP contribution in [0.5, 0.6) is 0 Å². The van der Waals surface area contributed by atoms with E-state index >= 15 is 0 Å². The molecule has 0 aliphatic carbocycles. The van der Waals surface area contributed by atoms with Crippen LogP contribution in [0.4, 0.5) is 0 Å². The molecule has 0 bridgehead atoms. The van der Waals surface area contributed by atoms with Gasteiger partial charge in [-0.1, -0.05) is 221 Å². The largest absolute Gasteiger partial charge is 0.462 e. The maximum atomic E-state index is 12.8. The second-order valence-corrected chi connectivity index (χ2v) is 16.4. The Morgan fingerprint density at radius 1 is 0.355 bits per heavy atom. The van der Waals surface area contributed by atoms with Crippen molar-refractivity contribution in [3.8, 4) is 0 Å². The summed E-state index contributed by atoms with van der Waals surface area (Å²) in [7, 11) is 0. The van der Waals surface area contributed by atoms with E-state index in [2.05, 4.69) is 81.5 Å². The average molecular weight is 861 g/mol. The van der Waals surface area contributed by atoms with Gasteiger partial charge >= 0.3 is 17.9 Å². The van der Waals surface area contributed by atoms with Crippen LogP contribution in [-0.2, 0) is 28.6 Å². The summed E-state index contributed by atoms with van der Waals surface area (Å²) in [5.41, 5.74) is 0. The molecule has 1 unspecified atom stereocenters. The van der Waals surface area contributed by atoms with E-state index in [1.54, 1.807) is 0 Å². The summed E-state index contributed by atoms with van der Waals surface area (Å²) in [4.78, 5) is 37.9. The van der Waals surface area contributed by atoms with Crippen LogP contribution < -0.4 is 0 Å². The molecule has 6 heteroatoms. The van der Waals surface area contributed by atoms with E-state index in [1.165, 1.54) is 96.3 Å². The third kappa shape index (κ3) is 47.4. The fraction of sp³-hybridized carbons (Fsp3) is 0.661. The Morgan fingerprint density at radius 2 is 0.710 bits per heavy atom. The lowest BCUT2D eigenvalue weighted by Gasteiger charge is -2.18. The van der Waals surface area contributed by atoms with Crippen molar-refractivity contribution in [3.63, 3.8) is 0 Å². The van der Waals surface area contributed by atoms with Gasteiger partial charge in [0.1, 0.15) is 13.2 Å². The lowest BCUT2D eigenvalue weighted by Crippen LogP contribution is -2.30. The zero-order chi connectivity index (χ0) is 45.1. The number of carbonyl (C=O) groups is 3. The molecule has 6 nitrogen and oxygen atoms in total. The Kier molecular flexibility index (Phi) is 47.0. The molecule has 0 aliphatic rings. The first-order chi connectivity index (χ1) is 30.5. The lowest BCUT2D eigenvalue weighted by molar-refractivity contribution is -0.167. The quantitative estimate of drug-likeness (QED) is 0.0200. The van der Waals surface area contributed by atoms with Crippen molar-refractivity contribution >= 4 is 17.9 Å². The first-order valence-corrected chi connectivity index (χ1v) is 25.3. The van der Waals surface area contributed by atoms with Gasteiger partial charge in [0.15, 0.2) is 6.10 Å². The molecule has 0 spiro atoms. The molecule has 0 rings (SSSR count). The molecule has 352 valence electrons. The van der Waals surface area contributed by atoms with Gasteiger partial charge in [-0.05, 0) is 77.0 Å². The maximum absolute atomic E-state index is 12.8. The molecule has 0 aromatic rings. The number of unbranched alkanes of at least 4 members (excludes halogenated alkanes) is 20. The maximum Gasteiger partial charge on any atom is 0.306 e. The zero-order valence-electron chi connectivity index (χ0n) is 40.1. The Labute approximate surface area is 381 Å². The second-order valence-electron chi connectivity index (χ2n) is 16.4. The Bertz CT molecular complexity index is 1260. The van der Waals surface area contributed by atoms with Gasteiger partial charge in [-0.25, -0.2) is 0 Å². The van der Waals surface area contributed by atoms with Crippen molar-refractivity contribution in [2.24, 2.45) is 0 Å². The van der Waals surface area contributed by atoms with Crippen LogP contribution in [-0.4, -0.2) is 37.2 Å². The Morgan fingerprint density at radius 3 is 1.23 bits per heavy atom. The number of esters is 3. The average Bonchev–Trinajstić information content (AvgIpc) is 3.27. The third-order valence-electron chi connectivity index (χ3n) is 10.4. The molecule has 0 fully saturated rings. The topological polar surface area (TPSA) is 78.9 Å². The number of ether oxygens (including phenoxy) is 3. The van der Waals surface area contributed by atoms with Gasteiger partial charge in [-0.15, -0.1) is 0 Å². The van der Waals surface area contributed by atoms with Crippen molar-refractivity contribution in [2.45, 2.75) is 226 Å². The molecule has 0 radical (unpaired) electrons. The summed E-state index contributed by atoms with van der Waals surface area (Å²) in [6.45, 7) is 6.38. The SMILES string of the molecule is CC\C=C/C=C\C=C/C=C\CCCCCC(=O)OCC(COC(=O)CCC/C=C\C/C=C\C/C=C\C/C=C\CCCCC)OC(=O)CCCCCCCCCCCCCCCC. The number of rotatable bonds is 44. The molecular weight excluding hydrogens is 769 g/mol. The molecule has 0 aromatic heterocycles. The van der Waals surface area contributed by atoms with Crippen LogP contribution >= 0.6 is 0 Å². The van der Waals surface area contributed by atoms with Gasteiger partial charge in [0.05, 0.1) is 0 Å². The van der Waals surface area contributed by atoms with Gasteiger partial charge in [-0.3, -0.25) is 14.4 Å². The van der Waals surface area contributed by atoms with Gasteiger partial charge in [-0.2, -0.15) is 0 Å². The summed E-state index contributed by atoms with van der Waals surface area (Å²) in [6.07, 6.45) is 65.4. The van der Waals surface area contributed by atoms with Gasteiger partial charge in [0.2, 0.25) is 0 Å². The predicted molar refractivity (Wildman–Crippen MR) is 265 cm³/mol. The lowest BCUT2D eigenvalue weighted by atomic mass is 10.0. The highest BCUT2D eigenvalue weighted by Gasteiger charge is 2.19. The first-order valence-electron chi connectivity index (χ1n) is 25.3. The minimum atomic E-state index is -0.814. The van der Waals surface area contributed by atoms with Crippen LogP contribution in [0.1, 0.15) is 220 Å². The van der Waals surface area contributed by atoms with Crippen LogP contribution in [0.2, 0.25) is 0 Å². The fourth-order valence-electron chi connectivity index (χ4n) is 6.62. The molecule has 0 saturated heterocycles. The highest BCUT2D eigenvalue weighted by molar-refractivity contribution is 5.71. The van der Waals surface area contributed by atoms with E-state index in [9.17, 15) is 14.4 Å². The monoisotopic (exact) mass is 861 g/mol. The van der Waals surface area contributed by atoms with Crippen molar-refractivity contribution in [2.75, 3.05) is 13.2 Å². The van der Waals surface area contributed by atoms with E-state index in [0.29, 0.717) is 19.3 Å². The molecule has 0 aromatic carbocycles.